The van der Waals surface area contributed by atoms with E-state index < -0.39 is 0 Å². The summed E-state index contributed by atoms with van der Waals surface area (Å²) in [6.07, 6.45) is 3.87. The van der Waals surface area contributed by atoms with Crippen molar-refractivity contribution in [1.29, 1.82) is 0 Å². The minimum atomic E-state index is 0.152. The van der Waals surface area contributed by atoms with Gasteiger partial charge in [-0.15, -0.1) is 0 Å². The quantitative estimate of drug-likeness (QED) is 0.676. The average Bonchev–Trinajstić information content (AvgIpc) is 2.71. The Kier molecular flexibility index (Phi) is 6.32. The molecule has 6 nitrogen and oxygen atoms in total. The Hall–Kier alpha value is -3.28. The molecule has 0 saturated heterocycles. The first-order chi connectivity index (χ1) is 13.6. The van der Waals surface area contributed by atoms with Crippen molar-refractivity contribution in [3.8, 4) is 11.4 Å². The zero-order chi connectivity index (χ0) is 19.9. The van der Waals surface area contributed by atoms with Gasteiger partial charge in [0.15, 0.2) is 5.82 Å². The second-order valence-corrected chi connectivity index (χ2v) is 6.52. The number of aryl methyl sites for hydroxylation is 1. The van der Waals surface area contributed by atoms with E-state index in [2.05, 4.69) is 20.3 Å². The fourth-order valence-corrected chi connectivity index (χ4v) is 2.98. The maximum atomic E-state index is 12.2. The monoisotopic (exact) mass is 375 g/mol. The Balaban J connectivity index is 1.72. The minimum absolute atomic E-state index is 0.152. The number of rotatable bonds is 7. The Labute approximate surface area is 165 Å². The maximum absolute atomic E-state index is 12.2. The van der Waals surface area contributed by atoms with E-state index in [0.29, 0.717) is 12.2 Å². The van der Waals surface area contributed by atoms with Gasteiger partial charge in [0.2, 0.25) is 5.91 Å². The van der Waals surface area contributed by atoms with E-state index in [0.717, 1.165) is 41.4 Å². The van der Waals surface area contributed by atoms with E-state index in [1.54, 1.807) is 12.4 Å². The van der Waals surface area contributed by atoms with Crippen molar-refractivity contribution in [3.63, 3.8) is 0 Å². The van der Waals surface area contributed by atoms with Gasteiger partial charge in [0.05, 0.1) is 6.42 Å². The van der Waals surface area contributed by atoms with Crippen molar-refractivity contribution in [2.75, 3.05) is 18.4 Å². The third-order valence-corrected chi connectivity index (χ3v) is 4.49. The molecular formula is C22H25N5O. The van der Waals surface area contributed by atoms with E-state index in [-0.39, 0.29) is 5.91 Å². The summed E-state index contributed by atoms with van der Waals surface area (Å²) in [6, 6.07) is 13.6. The predicted octanol–water partition coefficient (Wildman–Crippen LogP) is 4.00. The van der Waals surface area contributed by atoms with Gasteiger partial charge in [-0.05, 0) is 50.6 Å². The van der Waals surface area contributed by atoms with E-state index in [1.165, 1.54) is 0 Å². The summed E-state index contributed by atoms with van der Waals surface area (Å²) in [6.45, 7) is 7.42. The second-order valence-electron chi connectivity index (χ2n) is 6.52. The molecule has 1 aromatic carbocycles. The lowest BCUT2D eigenvalue weighted by Crippen LogP contribution is -2.31. The topological polar surface area (TPSA) is 71.0 Å². The molecule has 3 aromatic rings. The fraction of sp³-hybridized carbons (Fsp3) is 0.273. The molecule has 0 saturated carbocycles. The van der Waals surface area contributed by atoms with Crippen LogP contribution in [0.2, 0.25) is 0 Å². The van der Waals surface area contributed by atoms with Gasteiger partial charge in [0.1, 0.15) is 5.82 Å². The van der Waals surface area contributed by atoms with Gasteiger partial charge in [0, 0.05) is 48.5 Å². The van der Waals surface area contributed by atoms with Crippen LogP contribution in [0.15, 0.2) is 54.9 Å². The number of hydrogen-bond donors (Lipinski definition) is 1. The van der Waals surface area contributed by atoms with Crippen molar-refractivity contribution >= 4 is 17.4 Å². The number of benzene rings is 1. The van der Waals surface area contributed by atoms with Gasteiger partial charge < -0.3 is 10.2 Å². The average molecular weight is 375 g/mol. The molecule has 2 heterocycles. The predicted molar refractivity (Wildman–Crippen MR) is 111 cm³/mol. The van der Waals surface area contributed by atoms with E-state index >= 15 is 0 Å². The highest BCUT2D eigenvalue weighted by molar-refractivity contribution is 5.79. The molecule has 28 heavy (non-hydrogen) atoms. The summed E-state index contributed by atoms with van der Waals surface area (Å²) in [5.41, 5.74) is 3.72. The number of nitrogens with zero attached hydrogens (tertiary/aromatic N) is 4. The highest BCUT2D eigenvalue weighted by Crippen LogP contribution is 2.20. The van der Waals surface area contributed by atoms with Gasteiger partial charge in [-0.2, -0.15) is 0 Å². The van der Waals surface area contributed by atoms with Crippen LogP contribution in [-0.2, 0) is 11.2 Å². The number of hydrogen-bond acceptors (Lipinski definition) is 5. The number of aromatic nitrogens is 3. The first-order valence-electron chi connectivity index (χ1n) is 9.49. The number of carbonyl (C=O) groups excluding carboxylic acids is 1. The Morgan fingerprint density at radius 3 is 2.32 bits per heavy atom. The van der Waals surface area contributed by atoms with Gasteiger partial charge >= 0.3 is 0 Å². The zero-order valence-corrected chi connectivity index (χ0v) is 16.5. The van der Waals surface area contributed by atoms with Crippen LogP contribution in [0.1, 0.15) is 25.1 Å². The van der Waals surface area contributed by atoms with Crippen molar-refractivity contribution in [3.05, 3.63) is 66.1 Å². The number of nitrogens with one attached hydrogen (secondary N) is 1. The Morgan fingerprint density at radius 1 is 1.00 bits per heavy atom. The largest absolute Gasteiger partial charge is 0.343 e. The van der Waals surface area contributed by atoms with E-state index in [4.69, 9.17) is 0 Å². The van der Waals surface area contributed by atoms with Crippen LogP contribution in [0.25, 0.3) is 11.4 Å². The molecule has 144 valence electrons. The highest BCUT2D eigenvalue weighted by atomic mass is 16.2. The molecular weight excluding hydrogens is 350 g/mol. The van der Waals surface area contributed by atoms with E-state index in [1.807, 2.05) is 68.1 Å². The van der Waals surface area contributed by atoms with Gasteiger partial charge in [0.25, 0.3) is 0 Å². The second kappa shape index (κ2) is 9.08. The van der Waals surface area contributed by atoms with Crippen LogP contribution in [0.3, 0.4) is 0 Å². The SMILES string of the molecule is CCN(CC)C(=O)Cc1ccc(Nc2cc(C)nc(-c3ccncc3)n2)cc1. The molecule has 0 unspecified atom stereocenters. The number of amides is 1. The molecule has 2 aromatic heterocycles. The molecule has 0 aliphatic heterocycles. The highest BCUT2D eigenvalue weighted by Gasteiger charge is 2.10. The summed E-state index contributed by atoms with van der Waals surface area (Å²) in [5, 5.41) is 3.32. The van der Waals surface area contributed by atoms with Gasteiger partial charge in [-0.1, -0.05) is 12.1 Å². The third kappa shape index (κ3) is 4.91. The maximum Gasteiger partial charge on any atom is 0.226 e. The standard InChI is InChI=1S/C22H25N5O/c1-4-27(5-2)21(28)15-17-6-8-19(9-7-17)25-20-14-16(3)24-22(26-20)18-10-12-23-13-11-18/h6-14H,4-5,15H2,1-3H3,(H,24,25,26). The van der Waals surface area contributed by atoms with Crippen LogP contribution < -0.4 is 5.32 Å². The first-order valence-corrected chi connectivity index (χ1v) is 9.49. The number of anilines is 2. The molecule has 0 spiro atoms. The summed E-state index contributed by atoms with van der Waals surface area (Å²) in [4.78, 5) is 27.2. The summed E-state index contributed by atoms with van der Waals surface area (Å²) in [7, 11) is 0. The number of carbonyl (C=O) groups is 1. The Morgan fingerprint density at radius 2 is 1.68 bits per heavy atom. The van der Waals surface area contributed by atoms with Crippen LogP contribution in [-0.4, -0.2) is 38.8 Å². The Bertz CT molecular complexity index is 921. The van der Waals surface area contributed by atoms with Crippen molar-refractivity contribution in [2.24, 2.45) is 0 Å². The van der Waals surface area contributed by atoms with Crippen LogP contribution in [0.4, 0.5) is 11.5 Å². The van der Waals surface area contributed by atoms with Crippen LogP contribution in [0, 0.1) is 6.92 Å². The number of pyridine rings is 1. The van der Waals surface area contributed by atoms with Gasteiger partial charge in [-0.25, -0.2) is 9.97 Å². The summed E-state index contributed by atoms with van der Waals surface area (Å²) in [5.74, 6) is 1.54. The molecule has 0 radical (unpaired) electrons. The number of likely N-dealkylation sites (N-methyl/N-ethyl adjacent to an activating group) is 1. The minimum Gasteiger partial charge on any atom is -0.343 e. The first kappa shape index (κ1) is 19.5. The fourth-order valence-electron chi connectivity index (χ4n) is 2.98. The van der Waals surface area contributed by atoms with Gasteiger partial charge in [-0.3, -0.25) is 9.78 Å². The lowest BCUT2D eigenvalue weighted by Gasteiger charge is -2.18. The van der Waals surface area contributed by atoms with Crippen LogP contribution >= 0.6 is 0 Å². The summed E-state index contributed by atoms with van der Waals surface area (Å²) >= 11 is 0. The van der Waals surface area contributed by atoms with Crippen molar-refractivity contribution in [1.82, 2.24) is 19.9 Å². The van der Waals surface area contributed by atoms with E-state index in [9.17, 15) is 4.79 Å². The van der Waals surface area contributed by atoms with Crippen molar-refractivity contribution in [2.45, 2.75) is 27.2 Å². The molecule has 3 rings (SSSR count). The molecule has 0 atom stereocenters. The third-order valence-electron chi connectivity index (χ3n) is 4.49. The summed E-state index contributed by atoms with van der Waals surface area (Å²) < 4.78 is 0. The lowest BCUT2D eigenvalue weighted by atomic mass is 10.1. The molecule has 0 bridgehead atoms. The molecule has 0 aliphatic carbocycles. The smallest absolute Gasteiger partial charge is 0.226 e. The molecule has 0 fully saturated rings. The van der Waals surface area contributed by atoms with Crippen molar-refractivity contribution < 1.29 is 4.79 Å². The molecule has 1 amide bonds. The lowest BCUT2D eigenvalue weighted by molar-refractivity contribution is -0.130. The normalized spacial score (nSPS) is 10.5. The zero-order valence-electron chi connectivity index (χ0n) is 16.5. The molecule has 0 aliphatic rings. The molecule has 6 heteroatoms. The van der Waals surface area contributed by atoms with Crippen LogP contribution in [0.5, 0.6) is 0 Å². The molecule has 1 N–H and O–H groups in total.